The highest BCUT2D eigenvalue weighted by molar-refractivity contribution is 5.84. The molecule has 4 heterocycles. The Labute approximate surface area is 220 Å². The second-order valence-corrected chi connectivity index (χ2v) is 11.0. The number of hydrogen-bond donors (Lipinski definition) is 2. The van der Waals surface area contributed by atoms with Gasteiger partial charge in [-0.1, -0.05) is 6.07 Å². The Morgan fingerprint density at radius 1 is 1.24 bits per heavy atom. The normalized spacial score (nSPS) is 23.3. The van der Waals surface area contributed by atoms with E-state index >= 15 is 4.39 Å². The van der Waals surface area contributed by atoms with E-state index in [-0.39, 0.29) is 41.3 Å². The highest BCUT2D eigenvalue weighted by Crippen LogP contribution is 2.44. The zero-order chi connectivity index (χ0) is 26.4. The topological polar surface area (TPSA) is 102 Å². The summed E-state index contributed by atoms with van der Waals surface area (Å²) in [7, 11) is 0. The Morgan fingerprint density at radius 2 is 2.08 bits per heavy atom. The first-order valence-electron chi connectivity index (χ1n) is 13.4. The molecule has 0 amide bonds. The van der Waals surface area contributed by atoms with Crippen molar-refractivity contribution in [3.8, 4) is 11.3 Å². The van der Waals surface area contributed by atoms with Crippen molar-refractivity contribution < 1.29 is 19.0 Å². The third-order valence-electron chi connectivity index (χ3n) is 8.03. The summed E-state index contributed by atoms with van der Waals surface area (Å²) in [6, 6.07) is 6.90. The summed E-state index contributed by atoms with van der Waals surface area (Å²) >= 11 is 0. The minimum absolute atomic E-state index is 0.0458. The van der Waals surface area contributed by atoms with E-state index in [4.69, 9.17) is 9.47 Å². The monoisotopic (exact) mass is 523 g/mol. The first-order chi connectivity index (χ1) is 18.3. The average Bonchev–Trinajstić information content (AvgIpc) is 3.67. The predicted octanol–water partition coefficient (Wildman–Crippen LogP) is 3.11. The number of aromatic nitrogens is 3. The van der Waals surface area contributed by atoms with Gasteiger partial charge in [-0.25, -0.2) is 14.4 Å². The maximum atomic E-state index is 15.0. The number of rotatable bonds is 6. The van der Waals surface area contributed by atoms with Crippen LogP contribution in [-0.2, 0) is 16.0 Å². The summed E-state index contributed by atoms with van der Waals surface area (Å²) in [4.78, 5) is 24.2. The Bertz CT molecular complexity index is 1410. The van der Waals surface area contributed by atoms with E-state index < -0.39 is 11.9 Å². The SMILES string of the molecule is CC(C)n1c(CN2CCOCC23CC3)cc(=O)c2ccc(-c3nc(N[C@@H]4CCOC[C@H]4O)ncc3F)cc21. The van der Waals surface area contributed by atoms with E-state index in [1.54, 1.807) is 18.2 Å². The number of nitrogens with one attached hydrogen (secondary N) is 1. The summed E-state index contributed by atoms with van der Waals surface area (Å²) in [6.07, 6.45) is 3.28. The maximum Gasteiger partial charge on any atom is 0.223 e. The second-order valence-electron chi connectivity index (χ2n) is 11.0. The fourth-order valence-electron chi connectivity index (χ4n) is 5.78. The van der Waals surface area contributed by atoms with Crippen LogP contribution in [0.5, 0.6) is 0 Å². The van der Waals surface area contributed by atoms with Gasteiger partial charge in [-0.3, -0.25) is 9.69 Å². The van der Waals surface area contributed by atoms with Crippen LogP contribution in [0, 0.1) is 5.82 Å². The van der Waals surface area contributed by atoms with Crippen LogP contribution in [0.1, 0.15) is 44.8 Å². The molecule has 3 aliphatic rings. The van der Waals surface area contributed by atoms with E-state index in [9.17, 15) is 9.90 Å². The molecule has 1 aromatic carbocycles. The molecule has 2 aromatic heterocycles. The summed E-state index contributed by atoms with van der Waals surface area (Å²) in [5.41, 5.74) is 2.45. The van der Waals surface area contributed by atoms with Gasteiger partial charge in [0.25, 0.3) is 0 Å². The van der Waals surface area contributed by atoms with Gasteiger partial charge in [0.1, 0.15) is 5.69 Å². The number of hydrogen-bond acceptors (Lipinski definition) is 8. The zero-order valence-electron chi connectivity index (χ0n) is 21.8. The van der Waals surface area contributed by atoms with Crippen LogP contribution >= 0.6 is 0 Å². The minimum atomic E-state index is -0.693. The lowest BCUT2D eigenvalue weighted by Crippen LogP contribution is -2.47. The highest BCUT2D eigenvalue weighted by atomic mass is 19.1. The van der Waals surface area contributed by atoms with Gasteiger partial charge in [0.2, 0.25) is 5.95 Å². The number of ether oxygens (including phenoxy) is 2. The van der Waals surface area contributed by atoms with Crippen molar-refractivity contribution >= 4 is 16.9 Å². The smallest absolute Gasteiger partial charge is 0.223 e. The van der Waals surface area contributed by atoms with E-state index in [2.05, 4.69) is 38.6 Å². The molecule has 0 bridgehead atoms. The third-order valence-corrected chi connectivity index (χ3v) is 8.03. The van der Waals surface area contributed by atoms with Crippen LogP contribution in [0.25, 0.3) is 22.2 Å². The molecule has 3 aromatic rings. The number of pyridine rings is 1. The molecular formula is C28H34FN5O4. The quantitative estimate of drug-likeness (QED) is 0.508. The van der Waals surface area contributed by atoms with Gasteiger partial charge in [-0.05, 0) is 45.2 Å². The summed E-state index contributed by atoms with van der Waals surface area (Å²) in [6.45, 7) is 7.89. The standard InChI is InChI=1S/C28H34FN5O4/c1-17(2)34-19(14-33-8-10-38-16-28(33)6-7-28)12-24(35)20-4-3-18(11-23(20)34)26-21(29)13-30-27(32-26)31-22-5-9-37-15-25(22)36/h3-4,11-13,17,22,25,36H,5-10,14-16H2,1-2H3,(H,30,31,32)/t22-,25-/m1/s1. The van der Waals surface area contributed by atoms with Gasteiger partial charge in [0.05, 0.1) is 43.7 Å². The number of morpholine rings is 1. The van der Waals surface area contributed by atoms with Crippen LogP contribution in [-0.4, -0.2) is 75.2 Å². The van der Waals surface area contributed by atoms with Gasteiger partial charge < -0.3 is 24.5 Å². The summed E-state index contributed by atoms with van der Waals surface area (Å²) in [5.74, 6) is -0.314. The second kappa shape index (κ2) is 10.00. The van der Waals surface area contributed by atoms with Gasteiger partial charge in [0.15, 0.2) is 11.2 Å². The molecule has 9 nitrogen and oxygen atoms in total. The van der Waals surface area contributed by atoms with Crippen LogP contribution in [0.15, 0.2) is 35.3 Å². The molecule has 2 N–H and O–H groups in total. The van der Waals surface area contributed by atoms with Crippen molar-refractivity contribution in [2.24, 2.45) is 0 Å². The molecule has 1 saturated carbocycles. The van der Waals surface area contributed by atoms with E-state index in [1.807, 2.05) is 6.07 Å². The molecule has 202 valence electrons. The van der Waals surface area contributed by atoms with E-state index in [0.29, 0.717) is 37.1 Å². The molecule has 2 atom stereocenters. The molecule has 0 unspecified atom stereocenters. The van der Waals surface area contributed by atoms with E-state index in [1.165, 1.54) is 0 Å². The lowest BCUT2D eigenvalue weighted by Gasteiger charge is -2.37. The predicted molar refractivity (Wildman–Crippen MR) is 142 cm³/mol. The minimum Gasteiger partial charge on any atom is -0.389 e. The molecule has 10 heteroatoms. The number of benzene rings is 1. The Balaban J connectivity index is 1.39. The zero-order valence-corrected chi connectivity index (χ0v) is 21.8. The Morgan fingerprint density at radius 3 is 2.84 bits per heavy atom. The molecule has 2 saturated heterocycles. The molecular weight excluding hydrogens is 489 g/mol. The van der Waals surface area contributed by atoms with Crippen molar-refractivity contribution in [2.75, 3.05) is 38.3 Å². The van der Waals surface area contributed by atoms with Crippen molar-refractivity contribution in [1.29, 1.82) is 0 Å². The van der Waals surface area contributed by atoms with Crippen LogP contribution in [0.3, 0.4) is 0 Å². The first kappa shape index (κ1) is 25.4. The van der Waals surface area contributed by atoms with Gasteiger partial charge in [-0.2, -0.15) is 0 Å². The van der Waals surface area contributed by atoms with Gasteiger partial charge in [-0.15, -0.1) is 0 Å². The van der Waals surface area contributed by atoms with Crippen LogP contribution < -0.4 is 10.7 Å². The largest absolute Gasteiger partial charge is 0.389 e. The van der Waals surface area contributed by atoms with Gasteiger partial charge in [0, 0.05) is 54.0 Å². The fourth-order valence-corrected chi connectivity index (χ4v) is 5.78. The van der Waals surface area contributed by atoms with Crippen molar-refractivity contribution in [3.63, 3.8) is 0 Å². The van der Waals surface area contributed by atoms with Gasteiger partial charge >= 0.3 is 0 Å². The average molecular weight is 524 g/mol. The molecule has 38 heavy (non-hydrogen) atoms. The van der Waals surface area contributed by atoms with Crippen molar-refractivity contribution in [1.82, 2.24) is 19.4 Å². The number of aliphatic hydroxyl groups is 1. The lowest BCUT2D eigenvalue weighted by molar-refractivity contribution is -0.0255. The summed E-state index contributed by atoms with van der Waals surface area (Å²) in [5, 5.41) is 13.9. The number of nitrogens with zero attached hydrogens (tertiary/aromatic N) is 4. The number of aliphatic hydroxyl groups excluding tert-OH is 1. The number of fused-ring (bicyclic) bond motifs is 1. The molecule has 1 aliphatic carbocycles. The fraction of sp³-hybridized carbons (Fsp3) is 0.536. The van der Waals surface area contributed by atoms with Crippen molar-refractivity contribution in [2.45, 2.75) is 63.4 Å². The summed E-state index contributed by atoms with van der Waals surface area (Å²) < 4.78 is 28.2. The molecule has 6 rings (SSSR count). The molecule has 0 radical (unpaired) electrons. The Hall–Kier alpha value is -2.92. The highest BCUT2D eigenvalue weighted by Gasteiger charge is 2.49. The molecule has 2 aliphatic heterocycles. The van der Waals surface area contributed by atoms with Crippen LogP contribution in [0.4, 0.5) is 10.3 Å². The van der Waals surface area contributed by atoms with Crippen LogP contribution in [0.2, 0.25) is 0 Å². The number of anilines is 1. The molecule has 3 fully saturated rings. The Kier molecular flexibility index (Phi) is 6.67. The lowest BCUT2D eigenvalue weighted by atomic mass is 10.0. The maximum absolute atomic E-state index is 15.0. The van der Waals surface area contributed by atoms with E-state index in [0.717, 1.165) is 43.4 Å². The molecule has 1 spiro atoms. The van der Waals surface area contributed by atoms with Crippen molar-refractivity contribution in [3.05, 3.63) is 52.2 Å². The number of halogens is 1. The third kappa shape index (κ3) is 4.70. The first-order valence-corrected chi connectivity index (χ1v) is 13.4.